The number of aromatic nitrogens is 2. The maximum Gasteiger partial charge on any atom is 0.262 e. The van der Waals surface area contributed by atoms with Crippen molar-refractivity contribution in [1.82, 2.24) is 10.2 Å². The Balaban J connectivity index is 1.37. The molecule has 1 amide bonds. The van der Waals surface area contributed by atoms with E-state index in [-0.39, 0.29) is 18.3 Å². The highest BCUT2D eigenvalue weighted by Gasteiger charge is 2.17. The zero-order chi connectivity index (χ0) is 21.6. The van der Waals surface area contributed by atoms with Gasteiger partial charge < -0.3 is 15.0 Å². The standard InChI is InChI=1S/C24H25FN4O2/c1-17-11-13-29(14-12-17)23-10-9-21(27-28-23)18-5-4-6-19(15-18)26-24(30)16-31-22-8-3-2-7-20(22)25/h2-10,15,17H,11-14,16H2,1H3,(H,26,30). The van der Waals surface area contributed by atoms with Crippen molar-refractivity contribution in [2.45, 2.75) is 19.8 Å². The predicted octanol–water partition coefficient (Wildman–Crippen LogP) is 4.54. The largest absolute Gasteiger partial charge is 0.481 e. The van der Waals surface area contributed by atoms with Gasteiger partial charge in [0.05, 0.1) is 5.69 Å². The summed E-state index contributed by atoms with van der Waals surface area (Å²) in [7, 11) is 0. The lowest BCUT2D eigenvalue weighted by Gasteiger charge is -2.30. The molecule has 0 spiro atoms. The summed E-state index contributed by atoms with van der Waals surface area (Å²) in [5.41, 5.74) is 2.18. The van der Waals surface area contributed by atoms with Gasteiger partial charge in [0, 0.05) is 24.3 Å². The smallest absolute Gasteiger partial charge is 0.262 e. The Labute approximate surface area is 181 Å². The minimum absolute atomic E-state index is 0.0462. The van der Waals surface area contributed by atoms with Gasteiger partial charge >= 0.3 is 0 Å². The number of nitrogens with one attached hydrogen (secondary N) is 1. The maximum atomic E-state index is 13.6. The molecule has 0 unspecified atom stereocenters. The molecule has 1 saturated heterocycles. The first-order chi connectivity index (χ1) is 15.1. The Hall–Kier alpha value is -3.48. The SMILES string of the molecule is CC1CCN(c2ccc(-c3cccc(NC(=O)COc4ccccc4F)c3)nn2)CC1. The van der Waals surface area contributed by atoms with Gasteiger partial charge in [-0.3, -0.25) is 4.79 Å². The van der Waals surface area contributed by atoms with Gasteiger partial charge in [0.1, 0.15) is 0 Å². The quantitative estimate of drug-likeness (QED) is 0.634. The molecule has 2 heterocycles. The number of anilines is 2. The molecule has 1 fully saturated rings. The zero-order valence-corrected chi connectivity index (χ0v) is 17.4. The molecule has 3 aromatic rings. The van der Waals surface area contributed by atoms with Crippen LogP contribution in [-0.4, -0.2) is 35.8 Å². The number of carbonyl (C=O) groups is 1. The van der Waals surface area contributed by atoms with E-state index in [0.717, 1.165) is 36.1 Å². The van der Waals surface area contributed by atoms with Gasteiger partial charge in [0.2, 0.25) is 0 Å². The van der Waals surface area contributed by atoms with E-state index in [1.165, 1.54) is 25.0 Å². The minimum Gasteiger partial charge on any atom is -0.481 e. The van der Waals surface area contributed by atoms with Gasteiger partial charge in [-0.05, 0) is 55.2 Å². The van der Waals surface area contributed by atoms with Crippen LogP contribution in [0.25, 0.3) is 11.3 Å². The number of rotatable bonds is 6. The van der Waals surface area contributed by atoms with E-state index in [9.17, 15) is 9.18 Å². The van der Waals surface area contributed by atoms with Crippen LogP contribution in [0.3, 0.4) is 0 Å². The highest BCUT2D eigenvalue weighted by molar-refractivity contribution is 5.92. The van der Waals surface area contributed by atoms with Crippen LogP contribution >= 0.6 is 0 Å². The maximum absolute atomic E-state index is 13.6. The van der Waals surface area contributed by atoms with Gasteiger partial charge in [0.15, 0.2) is 24.0 Å². The monoisotopic (exact) mass is 420 g/mol. The molecule has 1 aliphatic rings. The molecular formula is C24H25FN4O2. The molecule has 1 N–H and O–H groups in total. The molecule has 31 heavy (non-hydrogen) atoms. The molecule has 2 aromatic carbocycles. The summed E-state index contributed by atoms with van der Waals surface area (Å²) < 4.78 is 18.8. The molecule has 0 aliphatic carbocycles. The second-order valence-corrected chi connectivity index (χ2v) is 7.79. The number of benzene rings is 2. The molecule has 1 aliphatic heterocycles. The predicted molar refractivity (Wildman–Crippen MR) is 119 cm³/mol. The number of carbonyl (C=O) groups excluding carboxylic acids is 1. The minimum atomic E-state index is -0.501. The number of amides is 1. The van der Waals surface area contributed by atoms with Crippen molar-refractivity contribution < 1.29 is 13.9 Å². The lowest BCUT2D eigenvalue weighted by atomic mass is 9.99. The highest BCUT2D eigenvalue weighted by Crippen LogP contribution is 2.24. The van der Waals surface area contributed by atoms with Crippen molar-refractivity contribution in [3.63, 3.8) is 0 Å². The number of hydrogen-bond acceptors (Lipinski definition) is 5. The molecule has 0 saturated carbocycles. The summed E-state index contributed by atoms with van der Waals surface area (Å²) in [6.45, 7) is 4.01. The van der Waals surface area contributed by atoms with Gasteiger partial charge in [-0.15, -0.1) is 10.2 Å². The fourth-order valence-electron chi connectivity index (χ4n) is 3.54. The summed E-state index contributed by atoms with van der Waals surface area (Å²) >= 11 is 0. The number of para-hydroxylation sites is 1. The third-order valence-electron chi connectivity index (χ3n) is 5.40. The van der Waals surface area contributed by atoms with Crippen LogP contribution in [-0.2, 0) is 4.79 Å². The van der Waals surface area contributed by atoms with E-state index >= 15 is 0 Å². The Morgan fingerprint density at radius 1 is 1.10 bits per heavy atom. The van der Waals surface area contributed by atoms with Crippen LogP contribution in [0, 0.1) is 11.7 Å². The van der Waals surface area contributed by atoms with Gasteiger partial charge in [-0.2, -0.15) is 0 Å². The van der Waals surface area contributed by atoms with E-state index in [1.807, 2.05) is 30.3 Å². The van der Waals surface area contributed by atoms with Crippen molar-refractivity contribution in [3.05, 3.63) is 66.5 Å². The van der Waals surface area contributed by atoms with Gasteiger partial charge in [-0.1, -0.05) is 31.2 Å². The van der Waals surface area contributed by atoms with E-state index in [2.05, 4.69) is 27.3 Å². The van der Waals surface area contributed by atoms with Crippen LogP contribution in [0.4, 0.5) is 15.9 Å². The molecule has 4 rings (SSSR count). The molecule has 6 nitrogen and oxygen atoms in total. The summed E-state index contributed by atoms with van der Waals surface area (Å²) in [6, 6.07) is 17.3. The topological polar surface area (TPSA) is 67.4 Å². The summed E-state index contributed by atoms with van der Waals surface area (Å²) in [6.07, 6.45) is 2.34. The van der Waals surface area contributed by atoms with E-state index in [4.69, 9.17) is 4.74 Å². The average molecular weight is 420 g/mol. The molecule has 0 radical (unpaired) electrons. The highest BCUT2D eigenvalue weighted by atomic mass is 19.1. The Bertz CT molecular complexity index is 1030. The normalized spacial score (nSPS) is 14.3. The van der Waals surface area contributed by atoms with Crippen LogP contribution in [0.1, 0.15) is 19.8 Å². The molecule has 1 aromatic heterocycles. The van der Waals surface area contributed by atoms with Crippen molar-refractivity contribution >= 4 is 17.4 Å². The molecular weight excluding hydrogens is 395 g/mol. The van der Waals surface area contributed by atoms with E-state index < -0.39 is 5.82 Å². The van der Waals surface area contributed by atoms with E-state index in [1.54, 1.807) is 18.2 Å². The van der Waals surface area contributed by atoms with Gasteiger partial charge in [0.25, 0.3) is 5.91 Å². The second-order valence-electron chi connectivity index (χ2n) is 7.79. The second kappa shape index (κ2) is 9.55. The van der Waals surface area contributed by atoms with Crippen LogP contribution in [0.2, 0.25) is 0 Å². The lowest BCUT2D eigenvalue weighted by Crippen LogP contribution is -2.33. The fourth-order valence-corrected chi connectivity index (χ4v) is 3.54. The zero-order valence-electron chi connectivity index (χ0n) is 17.4. The number of nitrogens with zero attached hydrogens (tertiary/aromatic N) is 3. The lowest BCUT2D eigenvalue weighted by molar-refractivity contribution is -0.118. The third kappa shape index (κ3) is 5.36. The Kier molecular flexibility index (Phi) is 6.40. The molecule has 160 valence electrons. The van der Waals surface area contributed by atoms with Crippen molar-refractivity contribution in [2.24, 2.45) is 5.92 Å². The first kappa shape index (κ1) is 20.8. The van der Waals surface area contributed by atoms with Crippen molar-refractivity contribution in [3.8, 4) is 17.0 Å². The Morgan fingerprint density at radius 3 is 2.65 bits per heavy atom. The average Bonchev–Trinajstić information content (AvgIpc) is 2.79. The molecule has 0 bridgehead atoms. The number of ether oxygens (including phenoxy) is 1. The molecule has 7 heteroatoms. The first-order valence-electron chi connectivity index (χ1n) is 10.4. The first-order valence-corrected chi connectivity index (χ1v) is 10.4. The number of hydrogen-bond donors (Lipinski definition) is 1. The fraction of sp³-hybridized carbons (Fsp3) is 0.292. The van der Waals surface area contributed by atoms with Crippen LogP contribution in [0.5, 0.6) is 5.75 Å². The third-order valence-corrected chi connectivity index (χ3v) is 5.40. The number of piperidine rings is 1. The molecule has 0 atom stereocenters. The summed E-state index contributed by atoms with van der Waals surface area (Å²) in [4.78, 5) is 14.5. The Morgan fingerprint density at radius 2 is 1.90 bits per heavy atom. The number of halogens is 1. The van der Waals surface area contributed by atoms with Crippen molar-refractivity contribution in [1.29, 1.82) is 0 Å². The van der Waals surface area contributed by atoms with Gasteiger partial charge in [-0.25, -0.2) is 4.39 Å². The summed E-state index contributed by atoms with van der Waals surface area (Å²) in [5.74, 6) is 0.827. The van der Waals surface area contributed by atoms with Crippen molar-refractivity contribution in [2.75, 3.05) is 29.9 Å². The summed E-state index contributed by atoms with van der Waals surface area (Å²) in [5, 5.41) is 11.5. The van der Waals surface area contributed by atoms with E-state index in [0.29, 0.717) is 5.69 Å². The van der Waals surface area contributed by atoms with Crippen LogP contribution in [0.15, 0.2) is 60.7 Å². The van der Waals surface area contributed by atoms with Crippen LogP contribution < -0.4 is 15.0 Å².